The van der Waals surface area contributed by atoms with E-state index in [4.69, 9.17) is 4.74 Å². The van der Waals surface area contributed by atoms with E-state index in [1.54, 1.807) is 54.6 Å². The fraction of sp³-hybridized carbons (Fsp3) is 0.0435. The molecule has 0 aromatic heterocycles. The molecule has 0 aliphatic rings. The second kappa shape index (κ2) is 9.23. The molecule has 0 unspecified atom stereocenters. The maximum Gasteiger partial charge on any atom is 0.330 e. The van der Waals surface area contributed by atoms with Crippen molar-refractivity contribution in [3.8, 4) is 5.75 Å². The van der Waals surface area contributed by atoms with E-state index in [0.717, 1.165) is 11.6 Å². The molecule has 0 fully saturated rings. The van der Waals surface area contributed by atoms with Crippen LogP contribution in [0.25, 0.3) is 0 Å². The number of ketones is 1. The van der Waals surface area contributed by atoms with Crippen LogP contribution in [0.15, 0.2) is 95.7 Å². The smallest absolute Gasteiger partial charge is 0.330 e. The predicted molar refractivity (Wildman–Crippen MR) is 109 cm³/mol. The summed E-state index contributed by atoms with van der Waals surface area (Å²) in [5.41, 5.74) is 2.47. The van der Waals surface area contributed by atoms with Gasteiger partial charge in [-0.2, -0.15) is 10.2 Å². The van der Waals surface area contributed by atoms with Crippen LogP contribution in [0.5, 0.6) is 5.75 Å². The van der Waals surface area contributed by atoms with E-state index >= 15 is 0 Å². The van der Waals surface area contributed by atoms with Crippen molar-refractivity contribution in [3.63, 3.8) is 0 Å². The average molecular weight is 386 g/mol. The highest BCUT2D eigenvalue weighted by atomic mass is 16.5. The van der Waals surface area contributed by atoms with Gasteiger partial charge >= 0.3 is 5.97 Å². The SMILES string of the molecule is C=CC(=O)OCc1ccc(/N=N/c2ccc(O)c(C(=O)c3ccccc3)c2)cc1. The van der Waals surface area contributed by atoms with Crippen LogP contribution in [0, 0.1) is 0 Å². The van der Waals surface area contributed by atoms with Crippen LogP contribution in [0.2, 0.25) is 0 Å². The largest absolute Gasteiger partial charge is 0.507 e. The molecule has 0 bridgehead atoms. The molecule has 144 valence electrons. The number of carbonyl (C=O) groups excluding carboxylic acids is 2. The molecule has 0 amide bonds. The molecular weight excluding hydrogens is 368 g/mol. The van der Waals surface area contributed by atoms with E-state index in [2.05, 4.69) is 16.8 Å². The van der Waals surface area contributed by atoms with Gasteiger partial charge in [0.05, 0.1) is 16.9 Å². The standard InChI is InChI=1S/C23H18N2O4/c1-2-22(27)29-15-16-8-10-18(11-9-16)24-25-19-12-13-21(26)20(14-19)23(28)17-6-4-3-5-7-17/h2-14,26H,1,15H2/b25-24+. The van der Waals surface area contributed by atoms with Crippen LogP contribution in [0.1, 0.15) is 21.5 Å². The number of nitrogens with zero attached hydrogens (tertiary/aromatic N) is 2. The number of azo groups is 1. The zero-order valence-electron chi connectivity index (χ0n) is 15.5. The fourth-order valence-corrected chi connectivity index (χ4v) is 2.50. The summed E-state index contributed by atoms with van der Waals surface area (Å²) in [6, 6.07) is 20.2. The van der Waals surface area contributed by atoms with Crippen LogP contribution in [-0.2, 0) is 16.1 Å². The van der Waals surface area contributed by atoms with Gasteiger partial charge < -0.3 is 9.84 Å². The summed E-state index contributed by atoms with van der Waals surface area (Å²) in [5.74, 6) is -0.892. The van der Waals surface area contributed by atoms with E-state index in [0.29, 0.717) is 16.9 Å². The quantitative estimate of drug-likeness (QED) is 0.259. The summed E-state index contributed by atoms with van der Waals surface area (Å²) in [6.45, 7) is 3.49. The number of carbonyl (C=O) groups is 2. The zero-order valence-corrected chi connectivity index (χ0v) is 15.5. The molecule has 0 heterocycles. The summed E-state index contributed by atoms with van der Waals surface area (Å²) < 4.78 is 4.96. The lowest BCUT2D eigenvalue weighted by atomic mass is 10.0. The third-order valence-corrected chi connectivity index (χ3v) is 4.03. The van der Waals surface area contributed by atoms with Gasteiger partial charge in [0.15, 0.2) is 5.78 Å². The highest BCUT2D eigenvalue weighted by Gasteiger charge is 2.14. The topological polar surface area (TPSA) is 88.3 Å². The van der Waals surface area contributed by atoms with Crippen molar-refractivity contribution in [3.05, 3.63) is 102 Å². The molecule has 0 saturated heterocycles. The van der Waals surface area contributed by atoms with Crippen molar-refractivity contribution in [2.75, 3.05) is 0 Å². The van der Waals surface area contributed by atoms with E-state index in [9.17, 15) is 14.7 Å². The van der Waals surface area contributed by atoms with E-state index < -0.39 is 5.97 Å². The molecule has 3 rings (SSSR count). The first-order valence-electron chi connectivity index (χ1n) is 8.79. The van der Waals surface area contributed by atoms with Gasteiger partial charge in [-0.05, 0) is 35.9 Å². The molecule has 0 atom stereocenters. The Balaban J connectivity index is 1.73. The van der Waals surface area contributed by atoms with Crippen LogP contribution in [-0.4, -0.2) is 16.9 Å². The van der Waals surface area contributed by atoms with Crippen LogP contribution in [0.3, 0.4) is 0 Å². The van der Waals surface area contributed by atoms with E-state index in [1.165, 1.54) is 12.1 Å². The van der Waals surface area contributed by atoms with E-state index in [1.807, 2.05) is 6.07 Å². The van der Waals surface area contributed by atoms with Crippen LogP contribution in [0.4, 0.5) is 11.4 Å². The summed E-state index contributed by atoms with van der Waals surface area (Å²) in [7, 11) is 0. The van der Waals surface area contributed by atoms with Gasteiger partial charge in [0.25, 0.3) is 0 Å². The van der Waals surface area contributed by atoms with Gasteiger partial charge in [-0.25, -0.2) is 4.79 Å². The highest BCUT2D eigenvalue weighted by Crippen LogP contribution is 2.27. The number of phenolic OH excluding ortho intramolecular Hbond substituents is 1. The third kappa shape index (κ3) is 5.23. The zero-order chi connectivity index (χ0) is 20.6. The second-order valence-corrected chi connectivity index (χ2v) is 6.07. The summed E-state index contributed by atoms with van der Waals surface area (Å²) in [4.78, 5) is 23.7. The number of benzene rings is 3. The summed E-state index contributed by atoms with van der Waals surface area (Å²) >= 11 is 0. The molecule has 3 aromatic carbocycles. The van der Waals surface area contributed by atoms with Crippen molar-refractivity contribution in [2.24, 2.45) is 10.2 Å². The Morgan fingerprint density at radius 1 is 0.931 bits per heavy atom. The van der Waals surface area contributed by atoms with Crippen molar-refractivity contribution in [1.29, 1.82) is 0 Å². The number of phenols is 1. The molecule has 0 aliphatic carbocycles. The first-order chi connectivity index (χ1) is 14.1. The number of rotatable bonds is 7. The first-order valence-corrected chi connectivity index (χ1v) is 8.79. The molecule has 0 saturated carbocycles. The predicted octanol–water partition coefficient (Wildman–Crippen LogP) is 5.27. The fourth-order valence-electron chi connectivity index (χ4n) is 2.50. The van der Waals surface area contributed by atoms with Crippen LogP contribution < -0.4 is 0 Å². The highest BCUT2D eigenvalue weighted by molar-refractivity contribution is 6.11. The Hall–Kier alpha value is -4.06. The molecule has 0 aliphatic heterocycles. The van der Waals surface area contributed by atoms with Crippen LogP contribution >= 0.6 is 0 Å². The molecule has 6 nitrogen and oxygen atoms in total. The number of ether oxygens (including phenoxy) is 1. The maximum atomic E-state index is 12.6. The second-order valence-electron chi connectivity index (χ2n) is 6.07. The molecule has 1 N–H and O–H groups in total. The lowest BCUT2D eigenvalue weighted by Crippen LogP contribution is -2.01. The van der Waals surface area contributed by atoms with Gasteiger partial charge in [-0.15, -0.1) is 0 Å². The number of hydrogen-bond acceptors (Lipinski definition) is 6. The minimum atomic E-state index is -0.484. The van der Waals surface area contributed by atoms with Gasteiger partial charge in [-0.1, -0.05) is 49.0 Å². The third-order valence-electron chi connectivity index (χ3n) is 4.03. The Morgan fingerprint density at radius 2 is 1.59 bits per heavy atom. The lowest BCUT2D eigenvalue weighted by molar-refractivity contribution is -0.138. The Morgan fingerprint density at radius 3 is 2.28 bits per heavy atom. The summed E-state index contributed by atoms with van der Waals surface area (Å²) in [6.07, 6.45) is 1.11. The average Bonchev–Trinajstić information content (AvgIpc) is 2.77. The Labute approximate surface area is 167 Å². The normalized spacial score (nSPS) is 10.6. The van der Waals surface area contributed by atoms with Gasteiger partial charge in [0, 0.05) is 11.6 Å². The molecule has 29 heavy (non-hydrogen) atoms. The molecule has 3 aromatic rings. The molecular formula is C23H18N2O4. The van der Waals surface area contributed by atoms with Crippen molar-refractivity contribution >= 4 is 23.1 Å². The Bertz CT molecular complexity index is 1060. The van der Waals surface area contributed by atoms with Crippen molar-refractivity contribution in [2.45, 2.75) is 6.61 Å². The van der Waals surface area contributed by atoms with Gasteiger partial charge in [0.2, 0.25) is 0 Å². The lowest BCUT2D eigenvalue weighted by Gasteiger charge is -2.05. The Kier molecular flexibility index (Phi) is 6.27. The monoisotopic (exact) mass is 386 g/mol. The molecule has 0 spiro atoms. The van der Waals surface area contributed by atoms with Gasteiger partial charge in [-0.3, -0.25) is 4.79 Å². The van der Waals surface area contributed by atoms with Gasteiger partial charge in [0.1, 0.15) is 12.4 Å². The minimum Gasteiger partial charge on any atom is -0.507 e. The minimum absolute atomic E-state index is 0.115. The van der Waals surface area contributed by atoms with E-state index in [-0.39, 0.29) is 23.7 Å². The number of aromatic hydroxyl groups is 1. The van der Waals surface area contributed by atoms with Crippen molar-refractivity contribution in [1.82, 2.24) is 0 Å². The summed E-state index contributed by atoms with van der Waals surface area (Å²) in [5, 5.41) is 18.3. The number of hydrogen-bond donors (Lipinski definition) is 1. The number of esters is 1. The maximum absolute atomic E-state index is 12.6. The molecule has 6 heteroatoms. The molecule has 0 radical (unpaired) electrons. The first kappa shape index (κ1) is 19.7. The van der Waals surface area contributed by atoms with Crippen molar-refractivity contribution < 1.29 is 19.4 Å².